The van der Waals surface area contributed by atoms with E-state index in [1.54, 1.807) is 11.8 Å². The molecule has 1 amide bonds. The minimum atomic E-state index is -0.294. The predicted molar refractivity (Wildman–Crippen MR) is 45.6 cm³/mol. The molecule has 0 aromatic heterocycles. The van der Waals surface area contributed by atoms with Gasteiger partial charge < -0.3 is 11.1 Å². The fraction of sp³-hybridized carbons (Fsp3) is 0.800. The third-order valence-electron chi connectivity index (χ3n) is 1.18. The monoisotopic (exact) mass is 182 g/mol. The Bertz CT molecular complexity index is 122. The van der Waals surface area contributed by atoms with Gasteiger partial charge in [0.05, 0.1) is 6.04 Å². The lowest BCUT2D eigenvalue weighted by Crippen LogP contribution is -2.40. The first-order valence-corrected chi connectivity index (χ1v) is 4.07. The Labute approximate surface area is 70.5 Å². The van der Waals surface area contributed by atoms with Gasteiger partial charge >= 0.3 is 0 Å². The number of thioether (sulfide) groups is 1. The first-order chi connectivity index (χ1) is 4.30. The molecule has 1 atom stereocenters. The molecule has 1 heterocycles. The maximum Gasteiger partial charge on any atom is 0.237 e. The van der Waals surface area contributed by atoms with Crippen molar-refractivity contribution < 1.29 is 4.79 Å². The molecule has 1 aliphatic rings. The third kappa shape index (κ3) is 2.77. The van der Waals surface area contributed by atoms with Gasteiger partial charge in [0.2, 0.25) is 5.91 Å². The molecule has 0 radical (unpaired) electrons. The molecule has 0 aliphatic carbocycles. The summed E-state index contributed by atoms with van der Waals surface area (Å²) in [7, 11) is 0. The van der Waals surface area contributed by atoms with E-state index in [9.17, 15) is 4.79 Å². The van der Waals surface area contributed by atoms with Gasteiger partial charge in [-0.25, -0.2) is 0 Å². The van der Waals surface area contributed by atoms with Crippen molar-refractivity contribution in [1.82, 2.24) is 5.32 Å². The average molecular weight is 183 g/mol. The summed E-state index contributed by atoms with van der Waals surface area (Å²) in [4.78, 5) is 10.8. The molecule has 3 nitrogen and oxygen atoms in total. The van der Waals surface area contributed by atoms with E-state index in [2.05, 4.69) is 5.32 Å². The standard InChI is InChI=1S/C5H10N2OS.ClH/c6-4-3-9-2-1-7-5(4)8;/h4H,1-3,6H2,(H,7,8);1H/t4-;/m0./s1. The van der Waals surface area contributed by atoms with E-state index in [0.29, 0.717) is 0 Å². The fourth-order valence-corrected chi connectivity index (χ4v) is 1.48. The van der Waals surface area contributed by atoms with E-state index in [1.807, 2.05) is 0 Å². The molecule has 60 valence electrons. The summed E-state index contributed by atoms with van der Waals surface area (Å²) >= 11 is 1.72. The summed E-state index contributed by atoms with van der Waals surface area (Å²) in [6.45, 7) is 0.761. The van der Waals surface area contributed by atoms with Gasteiger partial charge in [0, 0.05) is 18.1 Å². The zero-order valence-corrected chi connectivity index (χ0v) is 7.13. The number of hydrogen-bond acceptors (Lipinski definition) is 3. The van der Waals surface area contributed by atoms with Crippen molar-refractivity contribution in [3.05, 3.63) is 0 Å². The van der Waals surface area contributed by atoms with Crippen LogP contribution in [0.4, 0.5) is 0 Å². The van der Waals surface area contributed by atoms with E-state index in [0.717, 1.165) is 18.1 Å². The Balaban J connectivity index is 0.000000810. The Morgan fingerprint density at radius 2 is 2.40 bits per heavy atom. The number of nitrogens with two attached hydrogens (primary N) is 1. The smallest absolute Gasteiger partial charge is 0.237 e. The average Bonchev–Trinajstić information content (AvgIpc) is 1.99. The van der Waals surface area contributed by atoms with Gasteiger partial charge in [0.25, 0.3) is 0 Å². The molecule has 5 heteroatoms. The van der Waals surface area contributed by atoms with Gasteiger partial charge in [-0.1, -0.05) is 0 Å². The van der Waals surface area contributed by atoms with Crippen molar-refractivity contribution in [2.75, 3.05) is 18.1 Å². The van der Waals surface area contributed by atoms with Crippen LogP contribution in [0.1, 0.15) is 0 Å². The maximum absolute atomic E-state index is 10.8. The molecule has 0 spiro atoms. The van der Waals surface area contributed by atoms with Gasteiger partial charge in [0.15, 0.2) is 0 Å². The summed E-state index contributed by atoms with van der Waals surface area (Å²) in [5.74, 6) is 1.73. The zero-order valence-electron chi connectivity index (χ0n) is 5.50. The third-order valence-corrected chi connectivity index (χ3v) is 2.27. The highest BCUT2D eigenvalue weighted by atomic mass is 35.5. The van der Waals surface area contributed by atoms with Crippen LogP contribution in [0, 0.1) is 0 Å². The molecule has 1 fully saturated rings. The molecular weight excluding hydrogens is 172 g/mol. The maximum atomic E-state index is 10.8. The van der Waals surface area contributed by atoms with Crippen molar-refractivity contribution in [1.29, 1.82) is 0 Å². The SMILES string of the molecule is Cl.N[C@H]1CSCCNC1=O. The van der Waals surface area contributed by atoms with E-state index >= 15 is 0 Å². The molecule has 0 bridgehead atoms. The topological polar surface area (TPSA) is 55.1 Å². The van der Waals surface area contributed by atoms with Crippen molar-refractivity contribution in [2.24, 2.45) is 5.73 Å². The number of amides is 1. The van der Waals surface area contributed by atoms with Crippen LogP contribution in [0.25, 0.3) is 0 Å². The Hall–Kier alpha value is 0.0700. The quantitative estimate of drug-likeness (QED) is 0.536. The molecule has 0 unspecified atom stereocenters. The Morgan fingerprint density at radius 1 is 1.70 bits per heavy atom. The van der Waals surface area contributed by atoms with Gasteiger partial charge in [-0.2, -0.15) is 11.8 Å². The minimum absolute atomic E-state index is 0. The van der Waals surface area contributed by atoms with Crippen LogP contribution in [0.5, 0.6) is 0 Å². The van der Waals surface area contributed by atoms with E-state index in [4.69, 9.17) is 5.73 Å². The molecule has 0 saturated carbocycles. The normalized spacial score (nSPS) is 26.1. The molecule has 10 heavy (non-hydrogen) atoms. The van der Waals surface area contributed by atoms with Crippen LogP contribution in [0.2, 0.25) is 0 Å². The second-order valence-electron chi connectivity index (χ2n) is 1.97. The van der Waals surface area contributed by atoms with E-state index in [-0.39, 0.29) is 24.4 Å². The number of carbonyl (C=O) groups excluding carboxylic acids is 1. The lowest BCUT2D eigenvalue weighted by Gasteiger charge is -2.03. The van der Waals surface area contributed by atoms with Crippen LogP contribution >= 0.6 is 24.2 Å². The highest BCUT2D eigenvalue weighted by molar-refractivity contribution is 7.99. The molecule has 3 N–H and O–H groups in total. The lowest BCUT2D eigenvalue weighted by molar-refractivity contribution is -0.121. The van der Waals surface area contributed by atoms with E-state index in [1.165, 1.54) is 0 Å². The molecule has 1 saturated heterocycles. The van der Waals surface area contributed by atoms with Crippen molar-refractivity contribution in [3.8, 4) is 0 Å². The number of halogens is 1. The van der Waals surface area contributed by atoms with Crippen molar-refractivity contribution in [3.63, 3.8) is 0 Å². The fourth-order valence-electron chi connectivity index (χ4n) is 0.663. The van der Waals surface area contributed by atoms with Crippen LogP contribution in [0.15, 0.2) is 0 Å². The highest BCUT2D eigenvalue weighted by Crippen LogP contribution is 2.03. The highest BCUT2D eigenvalue weighted by Gasteiger charge is 2.14. The van der Waals surface area contributed by atoms with Crippen molar-refractivity contribution in [2.45, 2.75) is 6.04 Å². The Morgan fingerprint density at radius 3 is 3.10 bits per heavy atom. The number of carbonyl (C=O) groups is 1. The van der Waals surface area contributed by atoms with Crippen LogP contribution in [-0.4, -0.2) is 30.0 Å². The van der Waals surface area contributed by atoms with Crippen LogP contribution in [-0.2, 0) is 4.79 Å². The van der Waals surface area contributed by atoms with Gasteiger partial charge in [-0.05, 0) is 0 Å². The lowest BCUT2D eigenvalue weighted by atomic mass is 10.3. The molecule has 0 aromatic carbocycles. The molecule has 0 aromatic rings. The summed E-state index contributed by atoms with van der Waals surface area (Å²) < 4.78 is 0. The molecule has 1 rings (SSSR count). The minimum Gasteiger partial charge on any atom is -0.354 e. The number of hydrogen-bond donors (Lipinski definition) is 2. The Kier molecular flexibility index (Phi) is 4.85. The van der Waals surface area contributed by atoms with Crippen LogP contribution < -0.4 is 11.1 Å². The largest absolute Gasteiger partial charge is 0.354 e. The first kappa shape index (κ1) is 10.1. The van der Waals surface area contributed by atoms with E-state index < -0.39 is 0 Å². The predicted octanol–water partition coefficient (Wildman–Crippen LogP) is -0.402. The van der Waals surface area contributed by atoms with Gasteiger partial charge in [-0.15, -0.1) is 12.4 Å². The second-order valence-corrected chi connectivity index (χ2v) is 3.12. The summed E-state index contributed by atoms with van der Waals surface area (Å²) in [6.07, 6.45) is 0. The molecular formula is C5H11ClN2OS. The van der Waals surface area contributed by atoms with Gasteiger partial charge in [0.1, 0.15) is 0 Å². The second kappa shape index (κ2) is 4.82. The zero-order chi connectivity index (χ0) is 6.69. The van der Waals surface area contributed by atoms with Gasteiger partial charge in [-0.3, -0.25) is 4.79 Å². The van der Waals surface area contributed by atoms with Crippen LogP contribution in [0.3, 0.4) is 0 Å². The number of nitrogens with one attached hydrogen (secondary N) is 1. The summed E-state index contributed by atoms with van der Waals surface area (Å²) in [6, 6.07) is -0.294. The van der Waals surface area contributed by atoms with Crippen molar-refractivity contribution >= 4 is 30.1 Å². The molecule has 1 aliphatic heterocycles. The number of rotatable bonds is 0. The summed E-state index contributed by atoms with van der Waals surface area (Å²) in [5.41, 5.74) is 5.45. The first-order valence-electron chi connectivity index (χ1n) is 2.92. The summed E-state index contributed by atoms with van der Waals surface area (Å²) in [5, 5.41) is 2.71.